The van der Waals surface area contributed by atoms with Crippen molar-refractivity contribution in [1.82, 2.24) is 5.32 Å². The normalized spacial score (nSPS) is 10.7. The summed E-state index contributed by atoms with van der Waals surface area (Å²) in [7, 11) is 1.67. The Balaban J connectivity index is 2.00. The van der Waals surface area contributed by atoms with Gasteiger partial charge in [0.05, 0.1) is 13.7 Å². The van der Waals surface area contributed by atoms with Crippen LogP contribution in [0.1, 0.15) is 34.7 Å². The third-order valence-electron chi connectivity index (χ3n) is 4.12. The van der Waals surface area contributed by atoms with Crippen molar-refractivity contribution in [2.24, 2.45) is 0 Å². The summed E-state index contributed by atoms with van der Waals surface area (Å²) < 4.78 is 10.9. The molecule has 0 spiro atoms. The van der Waals surface area contributed by atoms with Gasteiger partial charge in [0, 0.05) is 13.1 Å². The first-order valence-corrected chi connectivity index (χ1v) is 8.12. The fourth-order valence-electron chi connectivity index (χ4n) is 2.65. The highest BCUT2D eigenvalue weighted by atomic mass is 16.5. The molecule has 2 aromatic carbocycles. The quantitative estimate of drug-likeness (QED) is 0.826. The van der Waals surface area contributed by atoms with E-state index in [2.05, 4.69) is 44.3 Å². The SMILES string of the molecule is CCOc1ccc(CNCc2cc(C)c(C)cc2C)cc1OC. The van der Waals surface area contributed by atoms with Crippen molar-refractivity contribution >= 4 is 0 Å². The monoisotopic (exact) mass is 313 g/mol. The molecule has 0 heterocycles. The molecule has 0 radical (unpaired) electrons. The highest BCUT2D eigenvalue weighted by Gasteiger charge is 2.06. The summed E-state index contributed by atoms with van der Waals surface area (Å²) in [5.41, 5.74) is 6.57. The molecular weight excluding hydrogens is 286 g/mol. The fraction of sp³-hybridized carbons (Fsp3) is 0.400. The van der Waals surface area contributed by atoms with Gasteiger partial charge in [0.2, 0.25) is 0 Å². The molecule has 0 amide bonds. The molecule has 0 unspecified atom stereocenters. The molecule has 2 rings (SSSR count). The molecule has 0 saturated carbocycles. The van der Waals surface area contributed by atoms with Crippen LogP contribution in [0.25, 0.3) is 0 Å². The van der Waals surface area contributed by atoms with Crippen LogP contribution >= 0.6 is 0 Å². The lowest BCUT2D eigenvalue weighted by Gasteiger charge is -2.13. The van der Waals surface area contributed by atoms with Crippen LogP contribution in [-0.2, 0) is 13.1 Å². The zero-order valence-corrected chi connectivity index (χ0v) is 14.8. The van der Waals surface area contributed by atoms with Crippen molar-refractivity contribution in [3.05, 3.63) is 58.1 Å². The summed E-state index contributed by atoms with van der Waals surface area (Å²) in [6.45, 7) is 10.8. The minimum Gasteiger partial charge on any atom is -0.493 e. The van der Waals surface area contributed by atoms with E-state index < -0.39 is 0 Å². The maximum atomic E-state index is 5.55. The van der Waals surface area contributed by atoms with Crippen molar-refractivity contribution in [1.29, 1.82) is 0 Å². The van der Waals surface area contributed by atoms with Crippen molar-refractivity contribution in [3.63, 3.8) is 0 Å². The van der Waals surface area contributed by atoms with Gasteiger partial charge in [0.1, 0.15) is 0 Å². The van der Waals surface area contributed by atoms with Crippen LogP contribution in [0.2, 0.25) is 0 Å². The maximum Gasteiger partial charge on any atom is 0.161 e. The zero-order chi connectivity index (χ0) is 16.8. The molecule has 0 aliphatic carbocycles. The first kappa shape index (κ1) is 17.4. The van der Waals surface area contributed by atoms with Crippen LogP contribution in [0.4, 0.5) is 0 Å². The lowest BCUT2D eigenvalue weighted by atomic mass is 10.0. The standard InChI is InChI=1S/C20H27NO2/c1-6-23-19-8-7-17(11-20(19)22-5)12-21-13-18-10-15(3)14(2)9-16(18)4/h7-11,21H,6,12-13H2,1-5H3. The van der Waals surface area contributed by atoms with E-state index in [1.807, 2.05) is 19.1 Å². The summed E-state index contributed by atoms with van der Waals surface area (Å²) in [6, 6.07) is 10.6. The van der Waals surface area contributed by atoms with E-state index in [0.717, 1.165) is 24.6 Å². The number of hydrogen-bond acceptors (Lipinski definition) is 3. The lowest BCUT2D eigenvalue weighted by molar-refractivity contribution is 0.310. The molecule has 0 bridgehead atoms. The van der Waals surface area contributed by atoms with E-state index >= 15 is 0 Å². The summed E-state index contributed by atoms with van der Waals surface area (Å²) in [4.78, 5) is 0. The molecule has 0 aliphatic rings. The number of nitrogens with one attached hydrogen (secondary N) is 1. The molecule has 0 saturated heterocycles. The maximum absolute atomic E-state index is 5.55. The van der Waals surface area contributed by atoms with Gasteiger partial charge in [0.15, 0.2) is 11.5 Å². The van der Waals surface area contributed by atoms with Gasteiger partial charge >= 0.3 is 0 Å². The molecule has 124 valence electrons. The van der Waals surface area contributed by atoms with Gasteiger partial charge < -0.3 is 14.8 Å². The molecule has 0 aromatic heterocycles. The van der Waals surface area contributed by atoms with Gasteiger partial charge in [-0.05, 0) is 67.6 Å². The minimum atomic E-state index is 0.639. The van der Waals surface area contributed by atoms with Crippen molar-refractivity contribution in [2.75, 3.05) is 13.7 Å². The van der Waals surface area contributed by atoms with Crippen molar-refractivity contribution < 1.29 is 9.47 Å². The number of ether oxygens (including phenoxy) is 2. The molecule has 0 aliphatic heterocycles. The van der Waals surface area contributed by atoms with E-state index in [0.29, 0.717) is 6.61 Å². The highest BCUT2D eigenvalue weighted by Crippen LogP contribution is 2.28. The average Bonchev–Trinajstić information content (AvgIpc) is 2.53. The minimum absolute atomic E-state index is 0.639. The van der Waals surface area contributed by atoms with E-state index in [9.17, 15) is 0 Å². The van der Waals surface area contributed by atoms with Gasteiger partial charge in [-0.15, -0.1) is 0 Å². The molecule has 23 heavy (non-hydrogen) atoms. The van der Waals surface area contributed by atoms with Gasteiger partial charge in [-0.25, -0.2) is 0 Å². The molecular formula is C20H27NO2. The fourth-order valence-corrected chi connectivity index (χ4v) is 2.65. The summed E-state index contributed by atoms with van der Waals surface area (Å²) in [6.07, 6.45) is 0. The van der Waals surface area contributed by atoms with Crippen LogP contribution in [0, 0.1) is 20.8 Å². The van der Waals surface area contributed by atoms with E-state index in [1.54, 1.807) is 7.11 Å². The number of hydrogen-bond donors (Lipinski definition) is 1. The van der Waals surface area contributed by atoms with Crippen molar-refractivity contribution in [2.45, 2.75) is 40.8 Å². The first-order valence-electron chi connectivity index (χ1n) is 8.12. The van der Waals surface area contributed by atoms with Crippen LogP contribution in [-0.4, -0.2) is 13.7 Å². The van der Waals surface area contributed by atoms with Crippen LogP contribution in [0.5, 0.6) is 11.5 Å². The molecule has 2 aromatic rings. The Morgan fingerprint density at radius 3 is 2.30 bits per heavy atom. The Bertz CT molecular complexity index is 665. The largest absolute Gasteiger partial charge is 0.493 e. The Kier molecular flexibility index (Phi) is 6.05. The van der Waals surface area contributed by atoms with E-state index in [1.165, 1.54) is 27.8 Å². The number of rotatable bonds is 7. The second kappa shape index (κ2) is 8.02. The Labute approximate surface area is 139 Å². The Hall–Kier alpha value is -2.00. The third-order valence-corrected chi connectivity index (χ3v) is 4.12. The summed E-state index contributed by atoms with van der Waals surface area (Å²) in [5, 5.41) is 3.51. The van der Waals surface area contributed by atoms with Gasteiger partial charge in [-0.2, -0.15) is 0 Å². The average molecular weight is 313 g/mol. The first-order chi connectivity index (χ1) is 11.0. The van der Waals surface area contributed by atoms with Crippen LogP contribution in [0.3, 0.4) is 0 Å². The number of benzene rings is 2. The molecule has 3 nitrogen and oxygen atoms in total. The Morgan fingerprint density at radius 2 is 1.61 bits per heavy atom. The van der Waals surface area contributed by atoms with E-state index in [-0.39, 0.29) is 0 Å². The lowest BCUT2D eigenvalue weighted by Crippen LogP contribution is -2.14. The highest BCUT2D eigenvalue weighted by molar-refractivity contribution is 5.43. The molecule has 0 fully saturated rings. The van der Waals surface area contributed by atoms with Crippen molar-refractivity contribution in [3.8, 4) is 11.5 Å². The second-order valence-electron chi connectivity index (χ2n) is 5.88. The molecule has 1 N–H and O–H groups in total. The summed E-state index contributed by atoms with van der Waals surface area (Å²) in [5.74, 6) is 1.58. The number of aryl methyl sites for hydroxylation is 3. The smallest absolute Gasteiger partial charge is 0.161 e. The second-order valence-corrected chi connectivity index (χ2v) is 5.88. The zero-order valence-electron chi connectivity index (χ0n) is 14.8. The van der Waals surface area contributed by atoms with Gasteiger partial charge in [-0.3, -0.25) is 0 Å². The number of methoxy groups -OCH3 is 1. The molecule has 0 atom stereocenters. The van der Waals surface area contributed by atoms with Crippen LogP contribution in [0.15, 0.2) is 30.3 Å². The van der Waals surface area contributed by atoms with E-state index in [4.69, 9.17) is 9.47 Å². The molecule has 3 heteroatoms. The third kappa shape index (κ3) is 4.49. The Morgan fingerprint density at radius 1 is 0.870 bits per heavy atom. The summed E-state index contributed by atoms with van der Waals surface area (Å²) >= 11 is 0. The predicted octanol–water partition coefficient (Wildman–Crippen LogP) is 4.31. The predicted molar refractivity (Wildman–Crippen MR) is 95.4 cm³/mol. The topological polar surface area (TPSA) is 30.5 Å². The van der Waals surface area contributed by atoms with Crippen LogP contribution < -0.4 is 14.8 Å². The van der Waals surface area contributed by atoms with Gasteiger partial charge in [0.25, 0.3) is 0 Å². The van der Waals surface area contributed by atoms with Gasteiger partial charge in [-0.1, -0.05) is 18.2 Å².